The number of imide groups is 1. The van der Waals surface area contributed by atoms with Crippen molar-refractivity contribution in [3.05, 3.63) is 108 Å². The highest BCUT2D eigenvalue weighted by atomic mass is 16.2. The van der Waals surface area contributed by atoms with Crippen LogP contribution in [0.15, 0.2) is 91.0 Å². The third-order valence-electron chi connectivity index (χ3n) is 5.93. The van der Waals surface area contributed by atoms with Crippen LogP contribution in [0.2, 0.25) is 0 Å². The molecule has 1 fully saturated rings. The van der Waals surface area contributed by atoms with E-state index in [1.807, 2.05) is 91.0 Å². The SMILES string of the molecule is CN(Cc1ccccc1)C(=O)CN1C(=O)NC(Cc2ccccc2)(Cc2ccccc2)C1=O. The van der Waals surface area contributed by atoms with Gasteiger partial charge in [-0.15, -0.1) is 0 Å². The lowest BCUT2D eigenvalue weighted by atomic mass is 9.84. The average molecular weight is 442 g/mol. The molecule has 0 radical (unpaired) electrons. The Morgan fingerprint density at radius 2 is 1.24 bits per heavy atom. The minimum atomic E-state index is -1.14. The van der Waals surface area contributed by atoms with Gasteiger partial charge in [0.15, 0.2) is 0 Å². The zero-order valence-electron chi connectivity index (χ0n) is 18.6. The molecule has 4 amide bonds. The van der Waals surface area contributed by atoms with E-state index < -0.39 is 11.6 Å². The molecule has 6 heteroatoms. The summed E-state index contributed by atoms with van der Waals surface area (Å²) >= 11 is 0. The van der Waals surface area contributed by atoms with Gasteiger partial charge < -0.3 is 10.2 Å². The summed E-state index contributed by atoms with van der Waals surface area (Å²) in [6.45, 7) is 0.113. The molecule has 0 bridgehead atoms. The Morgan fingerprint density at radius 3 is 1.73 bits per heavy atom. The van der Waals surface area contributed by atoms with Gasteiger partial charge in [-0.1, -0.05) is 91.0 Å². The van der Waals surface area contributed by atoms with E-state index in [0.29, 0.717) is 19.4 Å². The predicted octanol–water partition coefficient (Wildman–Crippen LogP) is 3.42. The van der Waals surface area contributed by atoms with E-state index in [1.54, 1.807) is 7.05 Å². The molecule has 0 unspecified atom stereocenters. The van der Waals surface area contributed by atoms with Gasteiger partial charge in [-0.2, -0.15) is 0 Å². The van der Waals surface area contributed by atoms with Crippen LogP contribution in [0, 0.1) is 0 Å². The zero-order valence-corrected chi connectivity index (χ0v) is 18.6. The molecule has 1 aliphatic rings. The van der Waals surface area contributed by atoms with Crippen molar-refractivity contribution >= 4 is 17.8 Å². The number of nitrogens with one attached hydrogen (secondary N) is 1. The van der Waals surface area contributed by atoms with E-state index in [0.717, 1.165) is 21.6 Å². The number of rotatable bonds is 8. The first-order chi connectivity index (χ1) is 16.0. The van der Waals surface area contributed by atoms with Crippen molar-refractivity contribution in [3.63, 3.8) is 0 Å². The molecule has 4 rings (SSSR count). The highest BCUT2D eigenvalue weighted by Gasteiger charge is 2.51. The molecule has 0 spiro atoms. The molecule has 33 heavy (non-hydrogen) atoms. The lowest BCUT2D eigenvalue weighted by molar-refractivity contribution is -0.138. The van der Waals surface area contributed by atoms with Gasteiger partial charge >= 0.3 is 6.03 Å². The number of hydrogen-bond acceptors (Lipinski definition) is 3. The standard InChI is InChI=1S/C27H27N3O3/c1-29(19-23-15-9-4-10-16-23)24(31)20-30-25(32)27(28-26(30)33,17-21-11-5-2-6-12-21)18-22-13-7-3-8-14-22/h2-16H,17-20H2,1H3,(H,28,33). The van der Waals surface area contributed by atoms with Crippen molar-refractivity contribution in [3.8, 4) is 0 Å². The van der Waals surface area contributed by atoms with E-state index in [1.165, 1.54) is 4.90 Å². The average Bonchev–Trinajstić information content (AvgIpc) is 3.04. The third kappa shape index (κ3) is 5.12. The maximum atomic E-state index is 13.6. The number of urea groups is 1. The van der Waals surface area contributed by atoms with Gasteiger partial charge in [-0.25, -0.2) is 4.79 Å². The summed E-state index contributed by atoms with van der Waals surface area (Å²) in [4.78, 5) is 42.0. The largest absolute Gasteiger partial charge is 0.340 e. The Hall–Kier alpha value is -3.93. The molecule has 1 heterocycles. The van der Waals surface area contributed by atoms with Gasteiger partial charge in [0, 0.05) is 26.4 Å². The summed E-state index contributed by atoms with van der Waals surface area (Å²) in [7, 11) is 1.68. The molecule has 168 valence electrons. The quantitative estimate of drug-likeness (QED) is 0.545. The molecule has 0 aliphatic carbocycles. The molecule has 0 atom stereocenters. The summed E-state index contributed by atoms with van der Waals surface area (Å²) in [6.07, 6.45) is 0.690. The van der Waals surface area contributed by atoms with E-state index in [4.69, 9.17) is 0 Å². The topological polar surface area (TPSA) is 69.7 Å². The van der Waals surface area contributed by atoms with Gasteiger partial charge in [-0.05, 0) is 16.7 Å². The molecule has 1 saturated heterocycles. The maximum Gasteiger partial charge on any atom is 0.325 e. The number of nitrogens with zero attached hydrogens (tertiary/aromatic N) is 2. The van der Waals surface area contributed by atoms with Crippen molar-refractivity contribution in [1.82, 2.24) is 15.1 Å². The lowest BCUT2D eigenvalue weighted by Gasteiger charge is -2.27. The predicted molar refractivity (Wildman–Crippen MR) is 126 cm³/mol. The third-order valence-corrected chi connectivity index (χ3v) is 5.93. The van der Waals surface area contributed by atoms with Crippen LogP contribution >= 0.6 is 0 Å². The summed E-state index contributed by atoms with van der Waals surface area (Å²) < 4.78 is 0. The molecular formula is C27H27N3O3. The second kappa shape index (κ2) is 9.69. The lowest BCUT2D eigenvalue weighted by Crippen LogP contribution is -2.51. The van der Waals surface area contributed by atoms with Gasteiger partial charge in [0.2, 0.25) is 5.91 Å². The number of amides is 4. The highest BCUT2D eigenvalue weighted by molar-refractivity contribution is 6.09. The van der Waals surface area contributed by atoms with Gasteiger partial charge in [0.05, 0.1) is 0 Å². The maximum absolute atomic E-state index is 13.6. The highest BCUT2D eigenvalue weighted by Crippen LogP contribution is 2.27. The molecule has 3 aromatic rings. The van der Waals surface area contributed by atoms with E-state index in [9.17, 15) is 14.4 Å². The molecule has 0 aromatic heterocycles. The van der Waals surface area contributed by atoms with Crippen LogP contribution in [-0.2, 0) is 29.0 Å². The number of carbonyl (C=O) groups is 3. The number of hydrogen-bond donors (Lipinski definition) is 1. The van der Waals surface area contributed by atoms with Crippen LogP contribution in [0.4, 0.5) is 4.79 Å². The first kappa shape index (κ1) is 22.3. The van der Waals surface area contributed by atoms with Crippen molar-refractivity contribution in [2.45, 2.75) is 24.9 Å². The van der Waals surface area contributed by atoms with Crippen LogP contribution < -0.4 is 5.32 Å². The van der Waals surface area contributed by atoms with Crippen molar-refractivity contribution in [2.24, 2.45) is 0 Å². The normalized spacial score (nSPS) is 14.8. The van der Waals surface area contributed by atoms with Crippen LogP contribution in [0.5, 0.6) is 0 Å². The minimum Gasteiger partial charge on any atom is -0.340 e. The zero-order chi connectivity index (χ0) is 23.3. The monoisotopic (exact) mass is 441 g/mol. The van der Waals surface area contributed by atoms with Gasteiger partial charge in [-0.3, -0.25) is 14.5 Å². The first-order valence-corrected chi connectivity index (χ1v) is 11.0. The van der Waals surface area contributed by atoms with E-state index in [2.05, 4.69) is 5.32 Å². The van der Waals surface area contributed by atoms with Crippen molar-refractivity contribution in [1.29, 1.82) is 0 Å². The Bertz CT molecular complexity index is 1080. The number of likely N-dealkylation sites (N-methyl/N-ethyl adjacent to an activating group) is 1. The Balaban J connectivity index is 1.54. The fourth-order valence-corrected chi connectivity index (χ4v) is 4.21. The molecule has 1 N–H and O–H groups in total. The Kier molecular flexibility index (Phi) is 6.54. The summed E-state index contributed by atoms with van der Waals surface area (Å²) in [5.41, 5.74) is 1.72. The molecule has 3 aromatic carbocycles. The minimum absolute atomic E-state index is 0.292. The van der Waals surface area contributed by atoms with Crippen molar-refractivity contribution in [2.75, 3.05) is 13.6 Å². The first-order valence-electron chi connectivity index (χ1n) is 11.0. The summed E-state index contributed by atoms with van der Waals surface area (Å²) in [6, 6.07) is 28.3. The van der Waals surface area contributed by atoms with E-state index >= 15 is 0 Å². The fraction of sp³-hybridized carbons (Fsp3) is 0.222. The summed E-state index contributed by atoms with van der Waals surface area (Å²) in [5, 5.41) is 2.92. The smallest absolute Gasteiger partial charge is 0.325 e. The molecule has 0 saturated carbocycles. The number of carbonyl (C=O) groups excluding carboxylic acids is 3. The Labute approximate surface area is 193 Å². The van der Waals surface area contributed by atoms with Gasteiger partial charge in [0.1, 0.15) is 12.1 Å². The van der Waals surface area contributed by atoms with Crippen LogP contribution in [0.1, 0.15) is 16.7 Å². The number of benzene rings is 3. The molecule has 1 aliphatic heterocycles. The summed E-state index contributed by atoms with van der Waals surface area (Å²) in [5.74, 6) is -0.667. The second-order valence-electron chi connectivity index (χ2n) is 8.46. The van der Waals surface area contributed by atoms with E-state index in [-0.39, 0.29) is 18.4 Å². The second-order valence-corrected chi connectivity index (χ2v) is 8.46. The molecule has 6 nitrogen and oxygen atoms in total. The fourth-order valence-electron chi connectivity index (χ4n) is 4.21. The Morgan fingerprint density at radius 1 is 0.788 bits per heavy atom. The van der Waals surface area contributed by atoms with Crippen molar-refractivity contribution < 1.29 is 14.4 Å². The van der Waals surface area contributed by atoms with Gasteiger partial charge in [0.25, 0.3) is 5.91 Å². The molecular weight excluding hydrogens is 414 g/mol. The van der Waals surface area contributed by atoms with Crippen LogP contribution in [-0.4, -0.2) is 46.8 Å². The van der Waals surface area contributed by atoms with Crippen LogP contribution in [0.25, 0.3) is 0 Å². The van der Waals surface area contributed by atoms with Crippen LogP contribution in [0.3, 0.4) is 0 Å².